The maximum absolute atomic E-state index is 13.8. The number of aromatic nitrogens is 3. The number of benzene rings is 2. The van der Waals surface area contributed by atoms with Crippen LogP contribution in [-0.2, 0) is 19.6 Å². The predicted octanol–water partition coefficient (Wildman–Crippen LogP) is 5.21. The molecule has 4 aromatic rings. The fourth-order valence-electron chi connectivity index (χ4n) is 3.95. The van der Waals surface area contributed by atoms with Crippen molar-refractivity contribution in [3.8, 4) is 11.7 Å². The van der Waals surface area contributed by atoms with Gasteiger partial charge in [0, 0.05) is 34.2 Å². The Morgan fingerprint density at radius 2 is 1.73 bits per heavy atom. The van der Waals surface area contributed by atoms with E-state index in [1.54, 1.807) is 36.5 Å². The first kappa shape index (κ1) is 30.6. The molecule has 0 atom stereocenters. The van der Waals surface area contributed by atoms with E-state index < -0.39 is 22.5 Å². The molecule has 2 heterocycles. The van der Waals surface area contributed by atoms with Gasteiger partial charge in [0.05, 0.1) is 22.7 Å². The quantitative estimate of drug-likeness (QED) is 0.148. The second kappa shape index (κ2) is 13.5. The minimum atomic E-state index is -4.24. The van der Waals surface area contributed by atoms with Gasteiger partial charge in [0.1, 0.15) is 13.2 Å². The summed E-state index contributed by atoms with van der Waals surface area (Å²) in [5, 5.41) is 9.47. The fourth-order valence-corrected chi connectivity index (χ4v) is 6.08. The van der Waals surface area contributed by atoms with Crippen molar-refractivity contribution < 1.29 is 22.7 Å². The van der Waals surface area contributed by atoms with E-state index in [4.69, 9.17) is 32.7 Å². The van der Waals surface area contributed by atoms with Crippen LogP contribution in [0, 0.1) is 0 Å². The third-order valence-corrected chi connectivity index (χ3v) is 8.27. The Morgan fingerprint density at radius 3 is 2.39 bits per heavy atom. The minimum Gasteiger partial charge on any atom is -0.475 e. The van der Waals surface area contributed by atoms with Crippen LogP contribution in [0.25, 0.3) is 16.7 Å². The van der Waals surface area contributed by atoms with Crippen LogP contribution < -0.4 is 9.04 Å². The monoisotopic (exact) mass is 619 g/mol. The molecular formula is C28H31Cl2N5O5S. The molecule has 0 N–H and O–H groups in total. The number of hydrogen-bond donors (Lipinski definition) is 0. The number of ether oxygens (including phenoxy) is 2. The number of rotatable bonds is 13. The summed E-state index contributed by atoms with van der Waals surface area (Å²) in [6.45, 7) is 2.89. The lowest BCUT2D eigenvalue weighted by Crippen LogP contribution is -2.36. The van der Waals surface area contributed by atoms with Crippen molar-refractivity contribution in [2.75, 3.05) is 44.7 Å². The average Bonchev–Trinajstić information content (AvgIpc) is 3.35. The normalized spacial score (nSPS) is 11.7. The minimum absolute atomic E-state index is 0.141. The Morgan fingerprint density at radius 1 is 0.976 bits per heavy atom. The molecule has 218 valence electrons. The number of unbranched alkanes of at least 4 members (excludes halogenated alkanes) is 1. The molecule has 13 heteroatoms. The first-order chi connectivity index (χ1) is 19.6. The maximum Gasteiger partial charge on any atom is 0.326 e. The van der Waals surface area contributed by atoms with E-state index in [-0.39, 0.29) is 27.2 Å². The van der Waals surface area contributed by atoms with Crippen LogP contribution in [0.2, 0.25) is 10.0 Å². The SMILES string of the molecule is CCCCOC(=O)CN(c1ccc2c(ccn2-c2ccc(OCCN(C)C)nn2)c1)S(=O)(=O)c1cc(Cl)cc(Cl)c1. The smallest absolute Gasteiger partial charge is 0.326 e. The number of esters is 1. The second-order valence-electron chi connectivity index (χ2n) is 9.50. The summed E-state index contributed by atoms with van der Waals surface area (Å²) in [6, 6.07) is 14.4. The number of sulfonamides is 1. The zero-order valence-corrected chi connectivity index (χ0v) is 25.3. The number of carbonyl (C=O) groups excluding carboxylic acids is 1. The highest BCUT2D eigenvalue weighted by molar-refractivity contribution is 7.92. The van der Waals surface area contributed by atoms with Crippen molar-refractivity contribution >= 4 is 55.8 Å². The van der Waals surface area contributed by atoms with E-state index in [2.05, 4.69) is 10.2 Å². The van der Waals surface area contributed by atoms with E-state index in [1.165, 1.54) is 18.2 Å². The molecule has 2 aromatic carbocycles. The van der Waals surface area contributed by atoms with Gasteiger partial charge in [-0.05, 0) is 69.0 Å². The standard InChI is InChI=1S/C28H31Cl2N5O5S/c1-4-5-13-40-28(36)19-35(41(37,38)24-17-21(29)16-22(30)18-24)23-6-7-25-20(15-23)10-11-34(25)26-8-9-27(32-31-26)39-14-12-33(2)3/h6-11,15-18H,4-5,12-14,19H2,1-3H3. The third kappa shape index (κ3) is 7.68. The lowest BCUT2D eigenvalue weighted by molar-refractivity contribution is -0.141. The number of carbonyl (C=O) groups is 1. The van der Waals surface area contributed by atoms with Crippen molar-refractivity contribution in [1.29, 1.82) is 0 Å². The van der Waals surface area contributed by atoms with Gasteiger partial charge in [-0.3, -0.25) is 13.7 Å². The molecule has 0 saturated carbocycles. The highest BCUT2D eigenvalue weighted by Crippen LogP contribution is 2.31. The molecule has 0 spiro atoms. The Bertz CT molecular complexity index is 1590. The summed E-state index contributed by atoms with van der Waals surface area (Å²) in [6.07, 6.45) is 3.31. The Kier molecular flexibility index (Phi) is 10.1. The summed E-state index contributed by atoms with van der Waals surface area (Å²) in [4.78, 5) is 14.5. The number of anilines is 1. The Balaban J connectivity index is 1.65. The van der Waals surface area contributed by atoms with Gasteiger partial charge in [0.15, 0.2) is 5.82 Å². The average molecular weight is 621 g/mol. The van der Waals surface area contributed by atoms with E-state index in [0.717, 1.165) is 28.2 Å². The molecule has 0 amide bonds. The molecule has 41 heavy (non-hydrogen) atoms. The van der Waals surface area contributed by atoms with E-state index in [0.29, 0.717) is 24.7 Å². The molecule has 0 aliphatic rings. The summed E-state index contributed by atoms with van der Waals surface area (Å²) in [7, 11) is -0.320. The van der Waals surface area contributed by atoms with Crippen LogP contribution in [-0.4, -0.2) is 74.5 Å². The number of nitrogens with zero attached hydrogens (tertiary/aromatic N) is 5. The molecule has 10 nitrogen and oxygen atoms in total. The van der Waals surface area contributed by atoms with Gasteiger partial charge >= 0.3 is 5.97 Å². The van der Waals surface area contributed by atoms with Crippen LogP contribution in [0.4, 0.5) is 5.69 Å². The molecule has 4 rings (SSSR count). The van der Waals surface area contributed by atoms with E-state index in [9.17, 15) is 13.2 Å². The first-order valence-electron chi connectivity index (χ1n) is 13.0. The number of halogens is 2. The van der Waals surface area contributed by atoms with Crippen LogP contribution in [0.15, 0.2) is 65.7 Å². The Hall–Kier alpha value is -3.38. The third-order valence-electron chi connectivity index (χ3n) is 6.08. The van der Waals surface area contributed by atoms with Gasteiger partial charge < -0.3 is 14.4 Å². The zero-order chi connectivity index (χ0) is 29.6. The summed E-state index contributed by atoms with van der Waals surface area (Å²) < 4.78 is 41.3. The highest BCUT2D eigenvalue weighted by atomic mass is 35.5. The number of hydrogen-bond acceptors (Lipinski definition) is 8. The predicted molar refractivity (Wildman–Crippen MR) is 160 cm³/mol. The van der Waals surface area contributed by atoms with Gasteiger partial charge in [-0.25, -0.2) is 8.42 Å². The molecule has 0 fully saturated rings. The number of likely N-dealkylation sites (N-methyl/N-ethyl adjacent to an activating group) is 1. The van der Waals surface area contributed by atoms with Crippen LogP contribution in [0.1, 0.15) is 19.8 Å². The van der Waals surface area contributed by atoms with Gasteiger partial charge in [0.25, 0.3) is 10.0 Å². The number of fused-ring (bicyclic) bond motifs is 1. The summed E-state index contributed by atoms with van der Waals surface area (Å²) in [5.74, 6) is 0.309. The molecule has 0 radical (unpaired) electrons. The molecule has 0 aliphatic carbocycles. The lowest BCUT2D eigenvalue weighted by Gasteiger charge is -2.24. The summed E-state index contributed by atoms with van der Waals surface area (Å²) in [5.41, 5.74) is 1.03. The highest BCUT2D eigenvalue weighted by Gasteiger charge is 2.29. The van der Waals surface area contributed by atoms with Crippen molar-refractivity contribution in [2.45, 2.75) is 24.7 Å². The summed E-state index contributed by atoms with van der Waals surface area (Å²) >= 11 is 12.2. The van der Waals surface area contributed by atoms with Crippen molar-refractivity contribution in [2.24, 2.45) is 0 Å². The van der Waals surface area contributed by atoms with Crippen molar-refractivity contribution in [1.82, 2.24) is 19.7 Å². The topological polar surface area (TPSA) is 107 Å². The van der Waals surface area contributed by atoms with Crippen LogP contribution in [0.3, 0.4) is 0 Å². The van der Waals surface area contributed by atoms with Crippen molar-refractivity contribution in [3.63, 3.8) is 0 Å². The second-order valence-corrected chi connectivity index (χ2v) is 12.2. The van der Waals surface area contributed by atoms with Crippen LogP contribution >= 0.6 is 23.2 Å². The Labute approximate surface area is 249 Å². The molecule has 0 unspecified atom stereocenters. The van der Waals surface area contributed by atoms with Gasteiger partial charge in [-0.2, -0.15) is 0 Å². The van der Waals surface area contributed by atoms with E-state index >= 15 is 0 Å². The molecule has 0 saturated heterocycles. The van der Waals surface area contributed by atoms with Crippen LogP contribution in [0.5, 0.6) is 5.88 Å². The van der Waals surface area contributed by atoms with E-state index in [1.807, 2.05) is 36.6 Å². The van der Waals surface area contributed by atoms with Crippen molar-refractivity contribution in [3.05, 3.63) is 70.8 Å². The lowest BCUT2D eigenvalue weighted by atomic mass is 10.2. The fraction of sp³-hybridized carbons (Fsp3) is 0.321. The zero-order valence-electron chi connectivity index (χ0n) is 23.0. The largest absolute Gasteiger partial charge is 0.475 e. The van der Waals surface area contributed by atoms with Gasteiger partial charge in [0.2, 0.25) is 5.88 Å². The maximum atomic E-state index is 13.8. The molecule has 0 aliphatic heterocycles. The molecule has 0 bridgehead atoms. The first-order valence-corrected chi connectivity index (χ1v) is 15.2. The van der Waals surface area contributed by atoms with Gasteiger partial charge in [-0.1, -0.05) is 36.5 Å². The van der Waals surface area contributed by atoms with Gasteiger partial charge in [-0.15, -0.1) is 10.2 Å². The molecule has 2 aromatic heterocycles. The molecular weight excluding hydrogens is 589 g/mol.